The van der Waals surface area contributed by atoms with E-state index in [-0.39, 0.29) is 17.8 Å². The first kappa shape index (κ1) is 13.3. The normalized spacial score (nSPS) is 11.8. The van der Waals surface area contributed by atoms with Crippen molar-refractivity contribution < 1.29 is 13.9 Å². The Balaban J connectivity index is 2.63. The van der Waals surface area contributed by atoms with E-state index in [1.807, 2.05) is 13.8 Å². The minimum Gasteiger partial charge on any atom is -0.494 e. The SMILES string of the molecule is CC[C@H](C)NC(=O)Nc1ccc(OC)c(F)c1. The molecular formula is C12H17FN2O2. The van der Waals surface area contributed by atoms with Crippen LogP contribution >= 0.6 is 0 Å². The molecule has 0 aliphatic rings. The Bertz CT molecular complexity index is 396. The number of hydrogen-bond acceptors (Lipinski definition) is 2. The van der Waals surface area contributed by atoms with Crippen LogP contribution in [0.3, 0.4) is 0 Å². The Kier molecular flexibility index (Phi) is 4.75. The molecule has 0 bridgehead atoms. The fraction of sp³-hybridized carbons (Fsp3) is 0.417. The predicted molar refractivity (Wildman–Crippen MR) is 64.9 cm³/mol. The molecule has 0 aliphatic carbocycles. The Morgan fingerprint density at radius 2 is 2.24 bits per heavy atom. The zero-order valence-electron chi connectivity index (χ0n) is 10.2. The molecule has 0 spiro atoms. The molecule has 1 atom stereocenters. The summed E-state index contributed by atoms with van der Waals surface area (Å²) in [6.45, 7) is 3.87. The second-order valence-corrected chi connectivity index (χ2v) is 3.76. The summed E-state index contributed by atoms with van der Waals surface area (Å²) in [4.78, 5) is 11.5. The summed E-state index contributed by atoms with van der Waals surface area (Å²) in [7, 11) is 1.39. The zero-order valence-corrected chi connectivity index (χ0v) is 10.2. The lowest BCUT2D eigenvalue weighted by Gasteiger charge is -2.12. The first-order valence-electron chi connectivity index (χ1n) is 5.47. The molecule has 2 amide bonds. The second-order valence-electron chi connectivity index (χ2n) is 3.76. The molecule has 94 valence electrons. The maximum absolute atomic E-state index is 13.3. The van der Waals surface area contributed by atoms with E-state index in [1.54, 1.807) is 6.07 Å². The predicted octanol–water partition coefficient (Wildman–Crippen LogP) is 2.75. The molecule has 0 heterocycles. The number of carbonyl (C=O) groups excluding carboxylic acids is 1. The fourth-order valence-corrected chi connectivity index (χ4v) is 1.24. The Morgan fingerprint density at radius 3 is 2.76 bits per heavy atom. The molecule has 17 heavy (non-hydrogen) atoms. The molecule has 1 aromatic rings. The van der Waals surface area contributed by atoms with Gasteiger partial charge in [0, 0.05) is 17.8 Å². The van der Waals surface area contributed by atoms with Crippen LogP contribution in [0, 0.1) is 5.82 Å². The number of amides is 2. The summed E-state index contributed by atoms with van der Waals surface area (Å²) in [5, 5.41) is 5.28. The van der Waals surface area contributed by atoms with Gasteiger partial charge in [0.2, 0.25) is 0 Å². The highest BCUT2D eigenvalue weighted by Crippen LogP contribution is 2.20. The number of urea groups is 1. The van der Waals surface area contributed by atoms with E-state index in [9.17, 15) is 9.18 Å². The van der Waals surface area contributed by atoms with Crippen molar-refractivity contribution >= 4 is 11.7 Å². The zero-order chi connectivity index (χ0) is 12.8. The Labute approximate surface area is 100 Å². The van der Waals surface area contributed by atoms with Crippen molar-refractivity contribution in [2.24, 2.45) is 0 Å². The van der Waals surface area contributed by atoms with E-state index in [0.29, 0.717) is 5.69 Å². The first-order valence-corrected chi connectivity index (χ1v) is 5.47. The highest BCUT2D eigenvalue weighted by molar-refractivity contribution is 5.89. The summed E-state index contributed by atoms with van der Waals surface area (Å²) in [5.74, 6) is -0.355. The van der Waals surface area contributed by atoms with Gasteiger partial charge in [-0.25, -0.2) is 9.18 Å². The van der Waals surface area contributed by atoms with Gasteiger partial charge in [0.05, 0.1) is 7.11 Å². The van der Waals surface area contributed by atoms with Crippen LogP contribution in [0.5, 0.6) is 5.75 Å². The van der Waals surface area contributed by atoms with Gasteiger partial charge in [-0.15, -0.1) is 0 Å². The number of carbonyl (C=O) groups is 1. The lowest BCUT2D eigenvalue weighted by atomic mass is 10.2. The molecule has 1 aromatic carbocycles. The number of nitrogens with one attached hydrogen (secondary N) is 2. The van der Waals surface area contributed by atoms with Crippen LogP contribution in [0.15, 0.2) is 18.2 Å². The van der Waals surface area contributed by atoms with Gasteiger partial charge in [0.1, 0.15) is 0 Å². The van der Waals surface area contributed by atoms with Crippen molar-refractivity contribution in [3.05, 3.63) is 24.0 Å². The number of methoxy groups -OCH3 is 1. The molecule has 5 heteroatoms. The highest BCUT2D eigenvalue weighted by atomic mass is 19.1. The summed E-state index contributed by atoms with van der Waals surface area (Å²) < 4.78 is 18.1. The molecule has 2 N–H and O–H groups in total. The minimum atomic E-state index is -0.506. The van der Waals surface area contributed by atoms with Crippen molar-refractivity contribution in [3.8, 4) is 5.75 Å². The van der Waals surface area contributed by atoms with Crippen LogP contribution < -0.4 is 15.4 Å². The monoisotopic (exact) mass is 240 g/mol. The van der Waals surface area contributed by atoms with Gasteiger partial charge in [-0.1, -0.05) is 6.92 Å². The van der Waals surface area contributed by atoms with E-state index in [0.717, 1.165) is 6.42 Å². The van der Waals surface area contributed by atoms with Crippen LogP contribution in [0.1, 0.15) is 20.3 Å². The first-order chi connectivity index (χ1) is 8.06. The van der Waals surface area contributed by atoms with Gasteiger partial charge in [0.25, 0.3) is 0 Å². The molecule has 0 aliphatic heterocycles. The van der Waals surface area contributed by atoms with Crippen LogP contribution in [0.25, 0.3) is 0 Å². The summed E-state index contributed by atoms with van der Waals surface area (Å²) in [5.41, 5.74) is 0.393. The van der Waals surface area contributed by atoms with Crippen LogP contribution in [0.4, 0.5) is 14.9 Å². The summed E-state index contributed by atoms with van der Waals surface area (Å²) in [6.07, 6.45) is 0.838. The van der Waals surface area contributed by atoms with E-state index < -0.39 is 5.82 Å². The van der Waals surface area contributed by atoms with Crippen molar-refractivity contribution in [2.75, 3.05) is 12.4 Å². The molecule has 0 saturated carbocycles. The van der Waals surface area contributed by atoms with Gasteiger partial charge < -0.3 is 15.4 Å². The maximum atomic E-state index is 13.3. The van der Waals surface area contributed by atoms with Gasteiger partial charge in [-0.2, -0.15) is 0 Å². The Hall–Kier alpha value is -1.78. The van der Waals surface area contributed by atoms with Crippen molar-refractivity contribution in [1.29, 1.82) is 0 Å². The molecular weight excluding hydrogens is 223 g/mol. The highest BCUT2D eigenvalue weighted by Gasteiger charge is 2.08. The number of ether oxygens (including phenoxy) is 1. The molecule has 0 unspecified atom stereocenters. The van der Waals surface area contributed by atoms with Crippen LogP contribution in [0.2, 0.25) is 0 Å². The molecule has 0 saturated heterocycles. The Morgan fingerprint density at radius 1 is 1.53 bits per heavy atom. The molecule has 0 fully saturated rings. The average Bonchev–Trinajstić information content (AvgIpc) is 2.29. The summed E-state index contributed by atoms with van der Waals surface area (Å²) >= 11 is 0. The van der Waals surface area contributed by atoms with Crippen LogP contribution in [-0.2, 0) is 0 Å². The van der Waals surface area contributed by atoms with Gasteiger partial charge in [-0.3, -0.25) is 0 Å². The largest absolute Gasteiger partial charge is 0.494 e. The second kappa shape index (κ2) is 6.08. The van der Waals surface area contributed by atoms with Gasteiger partial charge >= 0.3 is 6.03 Å². The van der Waals surface area contributed by atoms with Crippen molar-refractivity contribution in [3.63, 3.8) is 0 Å². The number of benzene rings is 1. The lowest BCUT2D eigenvalue weighted by molar-refractivity contribution is 0.249. The molecule has 4 nitrogen and oxygen atoms in total. The number of anilines is 1. The third-order valence-electron chi connectivity index (χ3n) is 2.40. The standard InChI is InChI=1S/C12H17FN2O2/c1-4-8(2)14-12(16)15-9-5-6-11(17-3)10(13)7-9/h5-8H,4H2,1-3H3,(H2,14,15,16)/t8-/m0/s1. The van der Waals surface area contributed by atoms with Gasteiger partial charge in [-0.05, 0) is 25.5 Å². The smallest absolute Gasteiger partial charge is 0.319 e. The number of hydrogen-bond donors (Lipinski definition) is 2. The topological polar surface area (TPSA) is 50.4 Å². The average molecular weight is 240 g/mol. The molecule has 1 rings (SSSR count). The van der Waals surface area contributed by atoms with E-state index >= 15 is 0 Å². The minimum absolute atomic E-state index is 0.0816. The van der Waals surface area contributed by atoms with E-state index in [2.05, 4.69) is 10.6 Å². The third-order valence-corrected chi connectivity index (χ3v) is 2.40. The number of rotatable bonds is 4. The molecule has 0 aromatic heterocycles. The van der Waals surface area contributed by atoms with E-state index in [4.69, 9.17) is 4.74 Å². The van der Waals surface area contributed by atoms with Crippen LogP contribution in [-0.4, -0.2) is 19.2 Å². The van der Waals surface area contributed by atoms with Gasteiger partial charge in [0.15, 0.2) is 11.6 Å². The lowest BCUT2D eigenvalue weighted by Crippen LogP contribution is -2.35. The number of halogens is 1. The quantitative estimate of drug-likeness (QED) is 0.850. The fourth-order valence-electron chi connectivity index (χ4n) is 1.24. The maximum Gasteiger partial charge on any atom is 0.319 e. The van der Waals surface area contributed by atoms with E-state index in [1.165, 1.54) is 19.2 Å². The van der Waals surface area contributed by atoms with Crippen molar-refractivity contribution in [1.82, 2.24) is 5.32 Å². The summed E-state index contributed by atoms with van der Waals surface area (Å²) in [6, 6.07) is 4.00. The molecule has 0 radical (unpaired) electrons. The third kappa shape index (κ3) is 3.94. The van der Waals surface area contributed by atoms with Crippen molar-refractivity contribution in [2.45, 2.75) is 26.3 Å².